The Balaban J connectivity index is 2.96. The van der Waals surface area contributed by atoms with Gasteiger partial charge in [0.2, 0.25) is 0 Å². The molecule has 0 aromatic heterocycles. The minimum atomic E-state index is -0.583. The van der Waals surface area contributed by atoms with Gasteiger partial charge in [-0.25, -0.2) is 8.78 Å². The number of rotatable bonds is 2. The zero-order valence-electron chi connectivity index (χ0n) is 5.48. The predicted octanol–water partition coefficient (Wildman–Crippen LogP) is 2.63. The fraction of sp³-hybridized carbons (Fsp3) is 0.250. The van der Waals surface area contributed by atoms with Crippen LogP contribution in [0.3, 0.4) is 0 Å². The van der Waals surface area contributed by atoms with Gasteiger partial charge in [-0.05, 0) is 11.1 Å². The maximum atomic E-state index is 12.0. The lowest BCUT2D eigenvalue weighted by Gasteiger charge is -1.98. The summed E-state index contributed by atoms with van der Waals surface area (Å²) < 4.78 is 24.0. The summed E-state index contributed by atoms with van der Waals surface area (Å²) >= 11 is 0. The Bertz CT molecular complexity index is 185. The van der Waals surface area contributed by atoms with Gasteiger partial charge < -0.3 is 0 Å². The first-order valence-corrected chi connectivity index (χ1v) is 3.07. The van der Waals surface area contributed by atoms with E-state index >= 15 is 0 Å². The SMILES string of the molecule is FCc1ccccc1CF. The third-order valence-corrected chi connectivity index (χ3v) is 1.41. The summed E-state index contributed by atoms with van der Waals surface area (Å²) in [5.41, 5.74) is 0.898. The van der Waals surface area contributed by atoms with E-state index in [1.807, 2.05) is 0 Å². The molecule has 0 aliphatic heterocycles. The quantitative estimate of drug-likeness (QED) is 0.595. The molecule has 0 N–H and O–H groups in total. The second-order valence-corrected chi connectivity index (χ2v) is 2.04. The van der Waals surface area contributed by atoms with E-state index in [1.54, 1.807) is 24.3 Å². The Morgan fingerprint density at radius 3 is 1.60 bits per heavy atom. The molecular formula is C8H8F2. The van der Waals surface area contributed by atoms with Gasteiger partial charge in [0.25, 0.3) is 0 Å². The summed E-state index contributed by atoms with van der Waals surface area (Å²) in [6.07, 6.45) is 0. The van der Waals surface area contributed by atoms with Crippen LogP contribution >= 0.6 is 0 Å². The van der Waals surface area contributed by atoms with E-state index in [9.17, 15) is 8.78 Å². The average molecular weight is 142 g/mol. The highest BCUT2D eigenvalue weighted by atomic mass is 19.1. The summed E-state index contributed by atoms with van der Waals surface area (Å²) in [7, 11) is 0. The number of halogens is 2. The fourth-order valence-electron chi connectivity index (χ4n) is 0.818. The van der Waals surface area contributed by atoms with Gasteiger partial charge in [0.05, 0.1) is 0 Å². The molecule has 1 rings (SSSR count). The van der Waals surface area contributed by atoms with Gasteiger partial charge in [0, 0.05) is 0 Å². The van der Waals surface area contributed by atoms with Crippen molar-refractivity contribution in [1.29, 1.82) is 0 Å². The number of hydrogen-bond donors (Lipinski definition) is 0. The Morgan fingerprint density at radius 1 is 0.900 bits per heavy atom. The van der Waals surface area contributed by atoms with Gasteiger partial charge in [-0.15, -0.1) is 0 Å². The monoisotopic (exact) mass is 142 g/mol. The molecular weight excluding hydrogens is 134 g/mol. The van der Waals surface area contributed by atoms with E-state index in [1.165, 1.54) is 0 Å². The summed E-state index contributed by atoms with van der Waals surface area (Å²) in [6, 6.07) is 6.59. The molecule has 54 valence electrons. The summed E-state index contributed by atoms with van der Waals surface area (Å²) in [5.74, 6) is 0. The van der Waals surface area contributed by atoms with E-state index in [0.717, 1.165) is 0 Å². The van der Waals surface area contributed by atoms with Crippen LogP contribution in [0.2, 0.25) is 0 Å². The largest absolute Gasteiger partial charge is 0.246 e. The minimum absolute atomic E-state index is 0.449. The smallest absolute Gasteiger partial charge is 0.115 e. The van der Waals surface area contributed by atoms with Crippen LogP contribution in [0.5, 0.6) is 0 Å². The second-order valence-electron chi connectivity index (χ2n) is 2.04. The zero-order valence-corrected chi connectivity index (χ0v) is 5.48. The minimum Gasteiger partial charge on any atom is -0.246 e. The molecule has 0 saturated carbocycles. The zero-order chi connectivity index (χ0) is 7.40. The molecule has 0 aliphatic rings. The van der Waals surface area contributed by atoms with Crippen molar-refractivity contribution in [1.82, 2.24) is 0 Å². The third kappa shape index (κ3) is 1.32. The van der Waals surface area contributed by atoms with E-state index in [4.69, 9.17) is 0 Å². The fourth-order valence-corrected chi connectivity index (χ4v) is 0.818. The van der Waals surface area contributed by atoms with Crippen molar-refractivity contribution >= 4 is 0 Å². The van der Waals surface area contributed by atoms with Crippen LogP contribution in [0.1, 0.15) is 11.1 Å². The third-order valence-electron chi connectivity index (χ3n) is 1.41. The Morgan fingerprint density at radius 2 is 1.30 bits per heavy atom. The van der Waals surface area contributed by atoms with Gasteiger partial charge in [0.1, 0.15) is 13.3 Å². The highest BCUT2D eigenvalue weighted by Crippen LogP contribution is 2.10. The van der Waals surface area contributed by atoms with Crippen LogP contribution in [0.4, 0.5) is 8.78 Å². The van der Waals surface area contributed by atoms with Gasteiger partial charge in [-0.2, -0.15) is 0 Å². The van der Waals surface area contributed by atoms with Gasteiger partial charge in [0.15, 0.2) is 0 Å². The first-order valence-electron chi connectivity index (χ1n) is 3.07. The molecule has 0 atom stereocenters. The number of hydrogen-bond acceptors (Lipinski definition) is 0. The van der Waals surface area contributed by atoms with Crippen LogP contribution in [-0.2, 0) is 13.3 Å². The van der Waals surface area contributed by atoms with E-state index in [2.05, 4.69) is 0 Å². The van der Waals surface area contributed by atoms with E-state index < -0.39 is 13.3 Å². The molecule has 0 amide bonds. The Kier molecular flexibility index (Phi) is 2.37. The Hall–Kier alpha value is -0.920. The maximum absolute atomic E-state index is 12.0. The van der Waals surface area contributed by atoms with Crippen LogP contribution in [-0.4, -0.2) is 0 Å². The van der Waals surface area contributed by atoms with Crippen molar-refractivity contribution in [2.45, 2.75) is 13.3 Å². The molecule has 0 bridgehead atoms. The molecule has 0 saturated heterocycles. The van der Waals surface area contributed by atoms with E-state index in [-0.39, 0.29) is 0 Å². The summed E-state index contributed by atoms with van der Waals surface area (Å²) in [4.78, 5) is 0. The van der Waals surface area contributed by atoms with Crippen LogP contribution in [0, 0.1) is 0 Å². The molecule has 10 heavy (non-hydrogen) atoms. The molecule has 0 fully saturated rings. The molecule has 0 unspecified atom stereocenters. The molecule has 0 radical (unpaired) electrons. The molecule has 0 spiro atoms. The van der Waals surface area contributed by atoms with Gasteiger partial charge in [-0.3, -0.25) is 0 Å². The first kappa shape index (κ1) is 7.19. The predicted molar refractivity (Wildman–Crippen MR) is 36.1 cm³/mol. The number of benzene rings is 1. The van der Waals surface area contributed by atoms with Crippen molar-refractivity contribution in [3.8, 4) is 0 Å². The lowest BCUT2D eigenvalue weighted by Crippen LogP contribution is -1.86. The summed E-state index contributed by atoms with van der Waals surface area (Å²) in [5, 5.41) is 0. The van der Waals surface area contributed by atoms with E-state index in [0.29, 0.717) is 11.1 Å². The standard InChI is InChI=1S/C8H8F2/c9-5-7-3-1-2-4-8(7)6-10/h1-4H,5-6H2. The van der Waals surface area contributed by atoms with Crippen LogP contribution in [0.15, 0.2) is 24.3 Å². The maximum Gasteiger partial charge on any atom is 0.115 e. The van der Waals surface area contributed by atoms with Crippen molar-refractivity contribution < 1.29 is 8.78 Å². The average Bonchev–Trinajstić information content (AvgIpc) is 2.04. The van der Waals surface area contributed by atoms with Crippen LogP contribution < -0.4 is 0 Å². The van der Waals surface area contributed by atoms with Crippen LogP contribution in [0.25, 0.3) is 0 Å². The van der Waals surface area contributed by atoms with Gasteiger partial charge >= 0.3 is 0 Å². The normalized spacial score (nSPS) is 9.80. The first-order chi connectivity index (χ1) is 4.88. The Labute approximate surface area is 58.5 Å². The lowest BCUT2D eigenvalue weighted by molar-refractivity contribution is 0.454. The highest BCUT2D eigenvalue weighted by molar-refractivity contribution is 5.25. The lowest BCUT2D eigenvalue weighted by atomic mass is 10.1. The van der Waals surface area contributed by atoms with Crippen molar-refractivity contribution in [2.24, 2.45) is 0 Å². The molecule has 1 aromatic carbocycles. The van der Waals surface area contributed by atoms with Gasteiger partial charge in [-0.1, -0.05) is 24.3 Å². The summed E-state index contributed by atoms with van der Waals surface area (Å²) in [6.45, 7) is -1.17. The number of alkyl halides is 2. The molecule has 0 aliphatic carbocycles. The molecule has 1 aromatic rings. The molecule has 0 heterocycles. The highest BCUT2D eigenvalue weighted by Gasteiger charge is 1.97. The van der Waals surface area contributed by atoms with Crippen molar-refractivity contribution in [2.75, 3.05) is 0 Å². The molecule has 2 heteroatoms. The molecule has 0 nitrogen and oxygen atoms in total. The van der Waals surface area contributed by atoms with Crippen molar-refractivity contribution in [3.05, 3.63) is 35.4 Å². The second kappa shape index (κ2) is 3.30. The van der Waals surface area contributed by atoms with Crippen molar-refractivity contribution in [3.63, 3.8) is 0 Å². The topological polar surface area (TPSA) is 0 Å².